The van der Waals surface area contributed by atoms with Crippen molar-refractivity contribution in [3.63, 3.8) is 0 Å². The Morgan fingerprint density at radius 3 is 1.57 bits per heavy atom. The topological polar surface area (TPSA) is 46.2 Å². The second-order valence-corrected chi connectivity index (χ2v) is 8.60. The molecule has 0 radical (unpaired) electrons. The molecule has 2 heterocycles. The average molecular weight is 326 g/mol. The van der Waals surface area contributed by atoms with E-state index in [2.05, 4.69) is 27.7 Å². The van der Waals surface area contributed by atoms with Crippen LogP contribution in [0.5, 0.6) is 0 Å². The van der Waals surface area contributed by atoms with Crippen LogP contribution in [0, 0.1) is 0 Å². The summed E-state index contributed by atoms with van der Waals surface area (Å²) in [6.07, 6.45) is 2.78. The zero-order chi connectivity index (χ0) is 17.5. The standard InChI is InChI=1S/C16H32B2O5/c1-13(2)14(3,4)21-17(20-13)11-9-10-12-19-18-22-15(5,6)16(7,8)23-18/h9-12H2,1-8H3. The highest BCUT2D eigenvalue weighted by atomic mass is 16.8. The minimum Gasteiger partial charge on any atom is -0.403 e. The molecule has 0 bridgehead atoms. The molecule has 0 saturated carbocycles. The minimum atomic E-state index is -0.572. The Bertz CT molecular complexity index is 353. The SMILES string of the molecule is CC1(C)OB(CCCCOB2OC(C)(C)C(C)(C)O2)OC1(C)C. The molecule has 0 aliphatic carbocycles. The fourth-order valence-electron chi connectivity index (χ4n) is 2.53. The van der Waals surface area contributed by atoms with Crippen molar-refractivity contribution in [3.05, 3.63) is 0 Å². The van der Waals surface area contributed by atoms with Crippen LogP contribution in [-0.2, 0) is 23.3 Å². The minimum absolute atomic E-state index is 0.128. The summed E-state index contributed by atoms with van der Waals surface area (Å²) in [4.78, 5) is 0. The zero-order valence-electron chi connectivity index (χ0n) is 16.0. The van der Waals surface area contributed by atoms with E-state index in [1.807, 2.05) is 27.7 Å². The highest BCUT2D eigenvalue weighted by Crippen LogP contribution is 2.38. The van der Waals surface area contributed by atoms with E-state index < -0.39 is 7.32 Å². The summed E-state index contributed by atoms with van der Waals surface area (Å²) in [7, 11) is -0.700. The maximum Gasteiger partial charge on any atom is 0.640 e. The summed E-state index contributed by atoms with van der Waals surface area (Å²) in [5, 5.41) is 0. The first kappa shape index (κ1) is 19.3. The summed E-state index contributed by atoms with van der Waals surface area (Å²) >= 11 is 0. The normalized spacial score (nSPS) is 27.7. The second kappa shape index (κ2) is 6.34. The van der Waals surface area contributed by atoms with Crippen LogP contribution in [0.4, 0.5) is 0 Å². The van der Waals surface area contributed by atoms with E-state index in [4.69, 9.17) is 23.3 Å². The summed E-state index contributed by atoms with van der Waals surface area (Å²) in [5.74, 6) is 0. The molecule has 2 aliphatic heterocycles. The Labute approximate surface area is 142 Å². The van der Waals surface area contributed by atoms with Gasteiger partial charge in [-0.2, -0.15) is 0 Å². The lowest BCUT2D eigenvalue weighted by atomic mass is 9.82. The molecule has 132 valence electrons. The van der Waals surface area contributed by atoms with Gasteiger partial charge >= 0.3 is 14.4 Å². The molecule has 0 aromatic carbocycles. The smallest absolute Gasteiger partial charge is 0.403 e. The third-order valence-corrected chi connectivity index (χ3v) is 5.62. The first-order chi connectivity index (χ1) is 10.4. The van der Waals surface area contributed by atoms with Gasteiger partial charge in [-0.25, -0.2) is 0 Å². The molecule has 5 nitrogen and oxygen atoms in total. The predicted molar refractivity (Wildman–Crippen MR) is 92.2 cm³/mol. The van der Waals surface area contributed by atoms with Crippen molar-refractivity contribution in [3.8, 4) is 0 Å². The van der Waals surface area contributed by atoms with Crippen LogP contribution >= 0.6 is 0 Å². The molecule has 0 spiro atoms. The molecule has 7 heteroatoms. The molecule has 0 N–H and O–H groups in total. The lowest BCUT2D eigenvalue weighted by molar-refractivity contribution is 0.00578. The van der Waals surface area contributed by atoms with Crippen LogP contribution in [0.2, 0.25) is 6.32 Å². The Balaban J connectivity index is 1.63. The third-order valence-electron chi connectivity index (χ3n) is 5.62. The largest absolute Gasteiger partial charge is 0.640 e. The Morgan fingerprint density at radius 1 is 0.652 bits per heavy atom. The number of unbranched alkanes of at least 4 members (excludes halogenated alkanes) is 1. The van der Waals surface area contributed by atoms with E-state index >= 15 is 0 Å². The number of rotatable bonds is 6. The van der Waals surface area contributed by atoms with Crippen LogP contribution in [0.15, 0.2) is 0 Å². The molecule has 2 rings (SSSR count). The monoisotopic (exact) mass is 326 g/mol. The lowest BCUT2D eigenvalue weighted by Gasteiger charge is -2.32. The molecule has 2 fully saturated rings. The highest BCUT2D eigenvalue weighted by Gasteiger charge is 2.53. The third kappa shape index (κ3) is 4.13. The molecule has 2 saturated heterocycles. The second-order valence-electron chi connectivity index (χ2n) is 8.60. The maximum absolute atomic E-state index is 5.99. The molecular weight excluding hydrogens is 294 g/mol. The van der Waals surface area contributed by atoms with Crippen LogP contribution in [0.1, 0.15) is 68.2 Å². The predicted octanol–water partition coefficient (Wildman–Crippen LogP) is 3.46. The van der Waals surface area contributed by atoms with Gasteiger partial charge in [0.1, 0.15) is 0 Å². The van der Waals surface area contributed by atoms with Gasteiger partial charge in [-0.05, 0) is 68.1 Å². The van der Waals surface area contributed by atoms with Crippen molar-refractivity contribution in [1.29, 1.82) is 0 Å². The van der Waals surface area contributed by atoms with E-state index in [9.17, 15) is 0 Å². The molecular formula is C16H32B2O5. The van der Waals surface area contributed by atoms with Gasteiger partial charge in [0.05, 0.1) is 22.4 Å². The molecule has 0 aromatic rings. The Morgan fingerprint density at radius 2 is 1.09 bits per heavy atom. The Hall–Kier alpha value is -0.0701. The van der Waals surface area contributed by atoms with Gasteiger partial charge in [-0.1, -0.05) is 6.42 Å². The maximum atomic E-state index is 5.99. The first-order valence-electron chi connectivity index (χ1n) is 8.69. The van der Waals surface area contributed by atoms with Crippen molar-refractivity contribution in [2.24, 2.45) is 0 Å². The summed E-state index contributed by atoms with van der Waals surface area (Å²) in [5.41, 5.74) is -1.20. The first-order valence-corrected chi connectivity index (χ1v) is 8.69. The molecule has 2 aliphatic rings. The highest BCUT2D eigenvalue weighted by molar-refractivity contribution is 6.45. The molecule has 0 amide bonds. The van der Waals surface area contributed by atoms with Crippen molar-refractivity contribution >= 4 is 14.4 Å². The van der Waals surface area contributed by atoms with Crippen LogP contribution in [0.3, 0.4) is 0 Å². The van der Waals surface area contributed by atoms with E-state index in [0.29, 0.717) is 6.61 Å². The Kier molecular flexibility index (Phi) is 5.31. The van der Waals surface area contributed by atoms with Crippen LogP contribution < -0.4 is 0 Å². The van der Waals surface area contributed by atoms with E-state index in [1.54, 1.807) is 0 Å². The van der Waals surface area contributed by atoms with Gasteiger partial charge in [0, 0.05) is 6.61 Å². The van der Waals surface area contributed by atoms with Gasteiger partial charge in [-0.3, -0.25) is 0 Å². The molecule has 0 aromatic heterocycles. The summed E-state index contributed by atoms with van der Waals surface area (Å²) in [6, 6.07) is 0. The van der Waals surface area contributed by atoms with Gasteiger partial charge < -0.3 is 23.3 Å². The van der Waals surface area contributed by atoms with Crippen molar-refractivity contribution in [2.45, 2.75) is 97.0 Å². The zero-order valence-corrected chi connectivity index (χ0v) is 16.0. The van der Waals surface area contributed by atoms with E-state index in [0.717, 1.165) is 19.2 Å². The van der Waals surface area contributed by atoms with E-state index in [-0.39, 0.29) is 29.5 Å². The summed E-state index contributed by atoms with van der Waals surface area (Å²) < 4.78 is 29.3. The van der Waals surface area contributed by atoms with Gasteiger partial charge in [0.25, 0.3) is 0 Å². The lowest BCUT2D eigenvalue weighted by Crippen LogP contribution is -2.41. The van der Waals surface area contributed by atoms with Gasteiger partial charge in [0.15, 0.2) is 0 Å². The quantitative estimate of drug-likeness (QED) is 0.552. The molecule has 0 unspecified atom stereocenters. The average Bonchev–Trinajstić information content (AvgIpc) is 2.67. The number of hydrogen-bond acceptors (Lipinski definition) is 5. The van der Waals surface area contributed by atoms with Gasteiger partial charge in [0.2, 0.25) is 0 Å². The van der Waals surface area contributed by atoms with E-state index in [1.165, 1.54) is 0 Å². The van der Waals surface area contributed by atoms with Crippen LogP contribution in [0.25, 0.3) is 0 Å². The molecule has 23 heavy (non-hydrogen) atoms. The van der Waals surface area contributed by atoms with Crippen LogP contribution in [-0.4, -0.2) is 43.5 Å². The molecule has 0 atom stereocenters. The fourth-order valence-corrected chi connectivity index (χ4v) is 2.53. The van der Waals surface area contributed by atoms with Crippen molar-refractivity contribution in [2.75, 3.05) is 6.61 Å². The fraction of sp³-hybridized carbons (Fsp3) is 1.00. The van der Waals surface area contributed by atoms with Crippen molar-refractivity contribution in [1.82, 2.24) is 0 Å². The van der Waals surface area contributed by atoms with Crippen molar-refractivity contribution < 1.29 is 23.3 Å². The summed E-state index contributed by atoms with van der Waals surface area (Å²) in [6.45, 7) is 17.0. The van der Waals surface area contributed by atoms with Gasteiger partial charge in [-0.15, -0.1) is 0 Å². The number of hydrogen-bond donors (Lipinski definition) is 0.